The summed E-state index contributed by atoms with van der Waals surface area (Å²) in [4.78, 5) is 9.14. The molecule has 1 aromatic rings. The minimum atomic E-state index is -0.201. The first-order chi connectivity index (χ1) is 13.7. The number of aliphatic imine (C=N–C) groups is 1. The summed E-state index contributed by atoms with van der Waals surface area (Å²) in [6.07, 6.45) is 3.29. The maximum Gasteiger partial charge on any atom is 0.193 e. The maximum absolute atomic E-state index is 13.9. The number of fused-ring (bicyclic) bond motifs is 5. The fourth-order valence-electron chi connectivity index (χ4n) is 5.45. The summed E-state index contributed by atoms with van der Waals surface area (Å²) in [5, 5.41) is 3.48. The largest absolute Gasteiger partial charge is 0.378 e. The first kappa shape index (κ1) is 18.2. The van der Waals surface area contributed by atoms with Gasteiger partial charge in [-0.3, -0.25) is 4.99 Å². The highest BCUT2D eigenvalue weighted by atomic mass is 19.1. The molecule has 28 heavy (non-hydrogen) atoms. The lowest BCUT2D eigenvalue weighted by Crippen LogP contribution is -2.41. The molecule has 0 aromatic heterocycles. The van der Waals surface area contributed by atoms with E-state index in [1.807, 2.05) is 13.1 Å². The third-order valence-electron chi connectivity index (χ3n) is 6.79. The summed E-state index contributed by atoms with van der Waals surface area (Å²) in [6.45, 7) is 5.68. The van der Waals surface area contributed by atoms with E-state index in [2.05, 4.69) is 20.1 Å². The standard InChI is InChI=1S/C21H29FN4O2/c1-23-21(26-12-16-17(13-26)20-5-4-19(16)28-20)24-11-14-10-15(22)2-3-18(14)25-6-8-27-9-7-25/h2-3,10,16-17,19-20H,4-9,11-13H2,1H3,(H,23,24). The lowest BCUT2D eigenvalue weighted by molar-refractivity contribution is 0.0767. The molecule has 4 atom stereocenters. The second-order valence-corrected chi connectivity index (χ2v) is 8.30. The van der Waals surface area contributed by atoms with Gasteiger partial charge in [0.05, 0.1) is 25.4 Å². The molecule has 5 rings (SSSR count). The van der Waals surface area contributed by atoms with Crippen molar-refractivity contribution in [2.24, 2.45) is 16.8 Å². The minimum absolute atomic E-state index is 0.201. The van der Waals surface area contributed by atoms with Gasteiger partial charge >= 0.3 is 0 Å². The van der Waals surface area contributed by atoms with Crippen molar-refractivity contribution in [1.82, 2.24) is 10.2 Å². The first-order valence-electron chi connectivity index (χ1n) is 10.4. The number of rotatable bonds is 3. The van der Waals surface area contributed by atoms with E-state index in [-0.39, 0.29) is 5.82 Å². The molecule has 4 saturated heterocycles. The first-order valence-corrected chi connectivity index (χ1v) is 10.4. The van der Waals surface area contributed by atoms with E-state index in [1.165, 1.54) is 12.8 Å². The summed E-state index contributed by atoms with van der Waals surface area (Å²) in [5.41, 5.74) is 2.04. The number of morpholine rings is 1. The number of ether oxygens (including phenoxy) is 2. The van der Waals surface area contributed by atoms with Crippen LogP contribution in [0.1, 0.15) is 18.4 Å². The fraction of sp³-hybridized carbons (Fsp3) is 0.667. The summed E-state index contributed by atoms with van der Waals surface area (Å²) in [5.74, 6) is 1.98. The Morgan fingerprint density at radius 1 is 1.18 bits per heavy atom. The Kier molecular flexibility index (Phi) is 4.88. The van der Waals surface area contributed by atoms with Crippen molar-refractivity contribution in [3.05, 3.63) is 29.6 Å². The second kappa shape index (κ2) is 7.52. The van der Waals surface area contributed by atoms with Gasteiger partial charge in [-0.1, -0.05) is 0 Å². The molecule has 1 aromatic carbocycles. The van der Waals surface area contributed by atoms with E-state index in [9.17, 15) is 4.39 Å². The molecule has 4 heterocycles. The predicted molar refractivity (Wildman–Crippen MR) is 106 cm³/mol. The van der Waals surface area contributed by atoms with Gasteiger partial charge in [0.1, 0.15) is 5.82 Å². The van der Waals surface area contributed by atoms with Crippen LogP contribution in [-0.4, -0.2) is 69.5 Å². The molecule has 152 valence electrons. The van der Waals surface area contributed by atoms with Gasteiger partial charge < -0.3 is 24.6 Å². The normalized spacial score (nSPS) is 32.1. The van der Waals surface area contributed by atoms with Crippen molar-refractivity contribution in [2.75, 3.05) is 51.3 Å². The Hall–Kier alpha value is -1.86. The lowest BCUT2D eigenvalue weighted by atomic mass is 9.82. The van der Waals surface area contributed by atoms with Crippen LogP contribution < -0.4 is 10.2 Å². The number of halogens is 1. The van der Waals surface area contributed by atoms with Gasteiger partial charge in [-0.05, 0) is 36.6 Å². The number of anilines is 1. The molecule has 6 nitrogen and oxygen atoms in total. The van der Waals surface area contributed by atoms with Crippen molar-refractivity contribution in [1.29, 1.82) is 0 Å². The van der Waals surface area contributed by atoms with Crippen LogP contribution in [0.3, 0.4) is 0 Å². The molecule has 0 radical (unpaired) electrons. The quantitative estimate of drug-likeness (QED) is 0.633. The average Bonchev–Trinajstić information content (AvgIpc) is 3.43. The zero-order chi connectivity index (χ0) is 19.1. The van der Waals surface area contributed by atoms with E-state index < -0.39 is 0 Å². The monoisotopic (exact) mass is 388 g/mol. The van der Waals surface area contributed by atoms with E-state index in [0.29, 0.717) is 43.8 Å². The molecule has 7 heteroatoms. The molecule has 2 bridgehead atoms. The summed E-state index contributed by atoms with van der Waals surface area (Å²) < 4.78 is 25.5. The van der Waals surface area contributed by atoms with Crippen molar-refractivity contribution in [3.8, 4) is 0 Å². The van der Waals surface area contributed by atoms with Gasteiger partial charge in [0, 0.05) is 57.3 Å². The van der Waals surface area contributed by atoms with Crippen molar-refractivity contribution in [3.63, 3.8) is 0 Å². The summed E-state index contributed by atoms with van der Waals surface area (Å²) in [7, 11) is 1.83. The molecular weight excluding hydrogens is 359 g/mol. The van der Waals surface area contributed by atoms with Gasteiger partial charge in [-0.15, -0.1) is 0 Å². The van der Waals surface area contributed by atoms with Crippen LogP contribution in [0.15, 0.2) is 23.2 Å². The topological polar surface area (TPSA) is 49.3 Å². The highest BCUT2D eigenvalue weighted by Gasteiger charge is 2.53. The Morgan fingerprint density at radius 2 is 1.89 bits per heavy atom. The zero-order valence-corrected chi connectivity index (χ0v) is 16.4. The van der Waals surface area contributed by atoms with Gasteiger partial charge in [0.2, 0.25) is 0 Å². The minimum Gasteiger partial charge on any atom is -0.378 e. The molecule has 4 aliphatic rings. The number of nitrogens with one attached hydrogen (secondary N) is 1. The molecule has 0 amide bonds. The van der Waals surface area contributed by atoms with Crippen molar-refractivity contribution >= 4 is 11.6 Å². The van der Waals surface area contributed by atoms with Crippen LogP contribution in [-0.2, 0) is 16.0 Å². The van der Waals surface area contributed by atoms with E-state index >= 15 is 0 Å². The van der Waals surface area contributed by atoms with Gasteiger partial charge in [0.25, 0.3) is 0 Å². The van der Waals surface area contributed by atoms with E-state index in [4.69, 9.17) is 9.47 Å². The molecule has 0 spiro atoms. The van der Waals surface area contributed by atoms with Crippen molar-refractivity contribution < 1.29 is 13.9 Å². The molecule has 4 fully saturated rings. The average molecular weight is 388 g/mol. The summed E-state index contributed by atoms with van der Waals surface area (Å²) >= 11 is 0. The SMILES string of the molecule is CN=C(NCc1cc(F)ccc1N1CCOCC1)N1CC2C3CCC(O3)C2C1. The van der Waals surface area contributed by atoms with Crippen LogP contribution in [0.25, 0.3) is 0 Å². The number of hydrogen-bond acceptors (Lipinski definition) is 4. The molecule has 4 aliphatic heterocycles. The van der Waals surface area contributed by atoms with Crippen LogP contribution in [0.4, 0.5) is 10.1 Å². The van der Waals surface area contributed by atoms with E-state index in [0.717, 1.165) is 43.4 Å². The Morgan fingerprint density at radius 3 is 2.57 bits per heavy atom. The zero-order valence-electron chi connectivity index (χ0n) is 16.4. The van der Waals surface area contributed by atoms with Crippen LogP contribution in [0.5, 0.6) is 0 Å². The number of benzene rings is 1. The Labute approximate surface area is 165 Å². The molecule has 4 unspecified atom stereocenters. The highest BCUT2D eigenvalue weighted by Crippen LogP contribution is 2.47. The molecule has 1 N–H and O–H groups in total. The fourth-order valence-corrected chi connectivity index (χ4v) is 5.45. The number of nitrogens with zero attached hydrogens (tertiary/aromatic N) is 3. The van der Waals surface area contributed by atoms with Gasteiger partial charge in [-0.25, -0.2) is 4.39 Å². The number of guanidine groups is 1. The highest BCUT2D eigenvalue weighted by molar-refractivity contribution is 5.80. The van der Waals surface area contributed by atoms with Crippen LogP contribution in [0.2, 0.25) is 0 Å². The van der Waals surface area contributed by atoms with Crippen molar-refractivity contribution in [2.45, 2.75) is 31.6 Å². The van der Waals surface area contributed by atoms with Gasteiger partial charge in [-0.2, -0.15) is 0 Å². The summed E-state index contributed by atoms with van der Waals surface area (Å²) in [6, 6.07) is 5.06. The molecule has 0 saturated carbocycles. The third kappa shape index (κ3) is 3.24. The predicted octanol–water partition coefficient (Wildman–Crippen LogP) is 1.85. The second-order valence-electron chi connectivity index (χ2n) is 8.30. The van der Waals surface area contributed by atoms with Crippen LogP contribution >= 0.6 is 0 Å². The Bertz CT molecular complexity index is 734. The van der Waals surface area contributed by atoms with Gasteiger partial charge in [0.15, 0.2) is 5.96 Å². The third-order valence-corrected chi connectivity index (χ3v) is 6.79. The number of hydrogen-bond donors (Lipinski definition) is 1. The van der Waals surface area contributed by atoms with E-state index in [1.54, 1.807) is 12.1 Å². The Balaban J connectivity index is 1.27. The molecule has 0 aliphatic carbocycles. The lowest BCUT2D eigenvalue weighted by Gasteiger charge is -2.31. The molecular formula is C21H29FN4O2. The smallest absolute Gasteiger partial charge is 0.193 e. The number of likely N-dealkylation sites (tertiary alicyclic amines) is 1. The maximum atomic E-state index is 13.9. The van der Waals surface area contributed by atoms with Crippen LogP contribution in [0, 0.1) is 17.7 Å².